The minimum atomic E-state index is -0.163. The van der Waals surface area contributed by atoms with Crippen molar-refractivity contribution in [2.24, 2.45) is 0 Å². The second-order valence-electron chi connectivity index (χ2n) is 8.72. The first-order chi connectivity index (χ1) is 16.4. The second-order valence-corrected chi connectivity index (χ2v) is 9.16. The highest BCUT2D eigenvalue weighted by molar-refractivity contribution is 6.30. The molecule has 1 aromatic carbocycles. The molecule has 1 fully saturated rings. The fourth-order valence-electron chi connectivity index (χ4n) is 4.72. The van der Waals surface area contributed by atoms with Gasteiger partial charge < -0.3 is 14.2 Å². The van der Waals surface area contributed by atoms with Crippen LogP contribution < -0.4 is 10.5 Å². The minimum Gasteiger partial charge on any atom is -0.460 e. The number of piperazine rings is 1. The number of carbonyl (C=O) groups is 1. The molecule has 0 bridgehead atoms. The van der Waals surface area contributed by atoms with Crippen molar-refractivity contribution in [1.29, 1.82) is 0 Å². The van der Waals surface area contributed by atoms with Gasteiger partial charge in [-0.15, -0.1) is 0 Å². The summed E-state index contributed by atoms with van der Waals surface area (Å²) < 4.78 is 9.09. The van der Waals surface area contributed by atoms with Crippen molar-refractivity contribution in [2.45, 2.75) is 39.7 Å². The molecular formula is C25H28ClN5O3. The first-order valence-corrected chi connectivity index (χ1v) is 12.1. The largest absolute Gasteiger partial charge is 0.460 e. The van der Waals surface area contributed by atoms with Crippen LogP contribution in [0.1, 0.15) is 31.4 Å². The van der Waals surface area contributed by atoms with E-state index in [0.717, 1.165) is 35.9 Å². The van der Waals surface area contributed by atoms with Crippen LogP contribution in [-0.4, -0.2) is 51.2 Å². The molecule has 1 aliphatic rings. The molecule has 0 radical (unpaired) electrons. The van der Waals surface area contributed by atoms with E-state index < -0.39 is 0 Å². The Hall–Kier alpha value is -3.26. The molecule has 4 heterocycles. The molecule has 0 atom stereocenters. The number of halogens is 1. The Morgan fingerprint density at radius 3 is 2.65 bits per heavy atom. The first kappa shape index (κ1) is 22.5. The molecule has 1 aliphatic heterocycles. The molecule has 178 valence electrons. The summed E-state index contributed by atoms with van der Waals surface area (Å²) in [6, 6.07) is 11.5. The molecule has 1 amide bonds. The van der Waals surface area contributed by atoms with Gasteiger partial charge in [0, 0.05) is 68.4 Å². The van der Waals surface area contributed by atoms with Crippen LogP contribution in [0.4, 0.5) is 5.69 Å². The van der Waals surface area contributed by atoms with E-state index in [9.17, 15) is 9.59 Å². The Labute approximate surface area is 202 Å². The maximum atomic E-state index is 13.0. The van der Waals surface area contributed by atoms with Crippen molar-refractivity contribution in [3.05, 3.63) is 63.4 Å². The standard InChI is InChI=1S/C25H28ClN5O3/c1-3-23-27-30(25(33)21-16-22-20(31(21)23)14-17(2)34-22)9-5-8-24(32)29-12-10-28(11-13-29)19-7-4-6-18(26)15-19/h4,6-7,14-16H,3,5,8-13H2,1-2H3. The summed E-state index contributed by atoms with van der Waals surface area (Å²) in [5.41, 5.74) is 3.04. The number of carbonyl (C=O) groups excluding carboxylic acids is 1. The molecule has 9 heteroatoms. The maximum absolute atomic E-state index is 13.0. The van der Waals surface area contributed by atoms with Crippen molar-refractivity contribution in [2.75, 3.05) is 31.1 Å². The predicted octanol–water partition coefficient (Wildman–Crippen LogP) is 3.90. The summed E-state index contributed by atoms with van der Waals surface area (Å²) in [4.78, 5) is 30.0. The highest BCUT2D eigenvalue weighted by Crippen LogP contribution is 2.24. The summed E-state index contributed by atoms with van der Waals surface area (Å²) in [6.07, 6.45) is 1.64. The molecule has 0 aliphatic carbocycles. The average Bonchev–Trinajstić information content (AvgIpc) is 3.37. The smallest absolute Gasteiger partial charge is 0.291 e. The SMILES string of the molecule is CCc1nn(CCCC(=O)N2CCN(c3cccc(Cl)c3)CC2)c(=O)c2cc3oc(C)cc3n12. The van der Waals surface area contributed by atoms with Crippen molar-refractivity contribution in [3.63, 3.8) is 0 Å². The highest BCUT2D eigenvalue weighted by Gasteiger charge is 2.22. The lowest BCUT2D eigenvalue weighted by atomic mass is 10.2. The van der Waals surface area contributed by atoms with Gasteiger partial charge in [0.25, 0.3) is 5.56 Å². The molecule has 34 heavy (non-hydrogen) atoms. The van der Waals surface area contributed by atoms with E-state index in [1.165, 1.54) is 4.68 Å². The van der Waals surface area contributed by atoms with Crippen LogP contribution in [0.2, 0.25) is 5.02 Å². The number of aryl methyl sites for hydroxylation is 3. The van der Waals surface area contributed by atoms with Crippen LogP contribution in [0.15, 0.2) is 45.6 Å². The van der Waals surface area contributed by atoms with E-state index >= 15 is 0 Å². The molecule has 8 nitrogen and oxygen atoms in total. The second kappa shape index (κ2) is 9.18. The molecule has 0 unspecified atom stereocenters. The van der Waals surface area contributed by atoms with Crippen molar-refractivity contribution in [3.8, 4) is 0 Å². The first-order valence-electron chi connectivity index (χ1n) is 11.7. The molecule has 0 spiro atoms. The zero-order chi connectivity index (χ0) is 23.8. The normalized spacial score (nSPS) is 14.4. The van der Waals surface area contributed by atoms with Gasteiger partial charge in [0.1, 0.15) is 17.1 Å². The summed E-state index contributed by atoms with van der Waals surface area (Å²) in [5, 5.41) is 5.31. The van der Waals surface area contributed by atoms with Crippen molar-refractivity contribution in [1.82, 2.24) is 19.1 Å². The van der Waals surface area contributed by atoms with E-state index in [0.29, 0.717) is 55.0 Å². The van der Waals surface area contributed by atoms with E-state index in [4.69, 9.17) is 16.0 Å². The van der Waals surface area contributed by atoms with Gasteiger partial charge in [-0.25, -0.2) is 4.68 Å². The monoisotopic (exact) mass is 481 g/mol. The Bertz CT molecular complexity index is 1410. The van der Waals surface area contributed by atoms with E-state index in [2.05, 4.69) is 10.00 Å². The van der Waals surface area contributed by atoms with Crippen molar-refractivity contribution >= 4 is 39.8 Å². The quantitative estimate of drug-likeness (QED) is 0.417. The molecule has 0 saturated carbocycles. The third-order valence-corrected chi connectivity index (χ3v) is 6.68. The van der Waals surface area contributed by atoms with Gasteiger partial charge in [-0.05, 0) is 31.5 Å². The molecule has 3 aromatic heterocycles. The average molecular weight is 482 g/mol. The van der Waals surface area contributed by atoms with Crippen LogP contribution in [0.3, 0.4) is 0 Å². The molecule has 5 rings (SSSR count). The number of anilines is 1. The van der Waals surface area contributed by atoms with Gasteiger partial charge in [0.2, 0.25) is 5.91 Å². The molecule has 1 saturated heterocycles. The number of hydrogen-bond donors (Lipinski definition) is 0. The summed E-state index contributed by atoms with van der Waals surface area (Å²) >= 11 is 6.11. The third-order valence-electron chi connectivity index (χ3n) is 6.44. The van der Waals surface area contributed by atoms with Crippen LogP contribution in [0.5, 0.6) is 0 Å². The number of fused-ring (bicyclic) bond motifs is 3. The topological polar surface area (TPSA) is 76.0 Å². The van der Waals surface area contributed by atoms with E-state index in [-0.39, 0.29) is 11.5 Å². The minimum absolute atomic E-state index is 0.117. The number of benzene rings is 1. The number of rotatable bonds is 6. The zero-order valence-corrected chi connectivity index (χ0v) is 20.2. The fourth-order valence-corrected chi connectivity index (χ4v) is 4.90. The zero-order valence-electron chi connectivity index (χ0n) is 19.5. The van der Waals surface area contributed by atoms with Crippen LogP contribution >= 0.6 is 11.6 Å². The Balaban J connectivity index is 1.22. The van der Waals surface area contributed by atoms with Gasteiger partial charge in [-0.3, -0.25) is 14.0 Å². The van der Waals surface area contributed by atoms with Gasteiger partial charge >= 0.3 is 0 Å². The van der Waals surface area contributed by atoms with Gasteiger partial charge in [-0.2, -0.15) is 5.10 Å². The van der Waals surface area contributed by atoms with Gasteiger partial charge in [-0.1, -0.05) is 24.6 Å². The number of furan rings is 1. The number of amides is 1. The van der Waals surface area contributed by atoms with Crippen LogP contribution in [0.25, 0.3) is 16.6 Å². The summed E-state index contributed by atoms with van der Waals surface area (Å²) in [7, 11) is 0. The predicted molar refractivity (Wildman–Crippen MR) is 133 cm³/mol. The van der Waals surface area contributed by atoms with Gasteiger partial charge in [0.05, 0.1) is 5.52 Å². The van der Waals surface area contributed by atoms with Gasteiger partial charge in [0.15, 0.2) is 5.58 Å². The lowest BCUT2D eigenvalue weighted by molar-refractivity contribution is -0.131. The number of aromatic nitrogens is 3. The Morgan fingerprint density at radius 1 is 1.12 bits per heavy atom. The fraction of sp³-hybridized carbons (Fsp3) is 0.400. The highest BCUT2D eigenvalue weighted by atomic mass is 35.5. The van der Waals surface area contributed by atoms with E-state index in [1.807, 2.05) is 53.5 Å². The van der Waals surface area contributed by atoms with Crippen LogP contribution in [-0.2, 0) is 17.8 Å². The lowest BCUT2D eigenvalue weighted by Crippen LogP contribution is -2.48. The molecular weight excluding hydrogens is 454 g/mol. The van der Waals surface area contributed by atoms with Crippen molar-refractivity contribution < 1.29 is 9.21 Å². The number of hydrogen-bond acceptors (Lipinski definition) is 5. The van der Waals surface area contributed by atoms with Crippen LogP contribution in [0, 0.1) is 6.92 Å². The van der Waals surface area contributed by atoms with E-state index in [1.54, 1.807) is 6.07 Å². The molecule has 4 aromatic rings. The maximum Gasteiger partial charge on any atom is 0.291 e. The summed E-state index contributed by atoms with van der Waals surface area (Å²) in [5.74, 6) is 1.72. The summed E-state index contributed by atoms with van der Waals surface area (Å²) in [6.45, 7) is 7.22. The Kier molecular flexibility index (Phi) is 6.08. The molecule has 0 N–H and O–H groups in total. The Morgan fingerprint density at radius 2 is 1.91 bits per heavy atom. The third kappa shape index (κ3) is 4.18. The number of nitrogens with zero attached hydrogens (tertiary/aromatic N) is 5. The lowest BCUT2D eigenvalue weighted by Gasteiger charge is -2.36.